The van der Waals surface area contributed by atoms with Crippen LogP contribution in [0.3, 0.4) is 0 Å². The number of thioether (sulfide) groups is 1. The second-order valence-electron chi connectivity index (χ2n) is 5.00. The largest absolute Gasteiger partial charge is 0.351 e. The van der Waals surface area contributed by atoms with Gasteiger partial charge in [-0.05, 0) is 27.7 Å². The van der Waals surface area contributed by atoms with Gasteiger partial charge in [-0.3, -0.25) is 9.48 Å². The maximum absolute atomic E-state index is 12.3. The molecule has 0 saturated heterocycles. The summed E-state index contributed by atoms with van der Waals surface area (Å²) in [7, 11) is 0. The molecule has 0 unspecified atom stereocenters. The molecule has 2 aromatic heterocycles. The van der Waals surface area contributed by atoms with Crippen molar-refractivity contribution in [3.05, 3.63) is 23.1 Å². The number of hydrogen-bond acceptors (Lipinski definition) is 5. The summed E-state index contributed by atoms with van der Waals surface area (Å²) in [6.07, 6.45) is 1.66. The number of nitrogens with one attached hydrogen (secondary N) is 2. The number of hydrogen-bond donors (Lipinski definition) is 2. The summed E-state index contributed by atoms with van der Waals surface area (Å²) >= 11 is 1.54. The summed E-state index contributed by atoms with van der Waals surface area (Å²) in [6, 6.07) is 0.243. The fraction of sp³-hybridized carbons (Fsp3) is 0.538. The van der Waals surface area contributed by atoms with E-state index in [1.165, 1.54) is 0 Å². The number of aromatic amines is 1. The summed E-state index contributed by atoms with van der Waals surface area (Å²) in [6.45, 7) is 8.47. The number of H-pyrrole nitrogens is 1. The third-order valence-electron chi connectivity index (χ3n) is 3.07. The van der Waals surface area contributed by atoms with Gasteiger partial charge in [0.1, 0.15) is 5.03 Å². The van der Waals surface area contributed by atoms with Gasteiger partial charge in [0.2, 0.25) is 0 Å². The molecule has 2 rings (SSSR count). The molecule has 0 aliphatic rings. The SMILES string of the molecule is Cc1nn(C(C)C)c(C)c1C(=O)NCCSc1cn[nH]n1. The molecule has 7 nitrogen and oxygen atoms in total. The van der Waals surface area contributed by atoms with E-state index in [4.69, 9.17) is 0 Å². The van der Waals surface area contributed by atoms with Crippen LogP contribution < -0.4 is 5.32 Å². The summed E-state index contributed by atoms with van der Waals surface area (Å²) < 4.78 is 1.88. The van der Waals surface area contributed by atoms with E-state index in [0.29, 0.717) is 12.1 Å². The van der Waals surface area contributed by atoms with Crippen molar-refractivity contribution < 1.29 is 4.79 Å². The Hall–Kier alpha value is -1.83. The van der Waals surface area contributed by atoms with Crippen molar-refractivity contribution in [1.82, 2.24) is 30.5 Å². The summed E-state index contributed by atoms with van der Waals surface area (Å²) in [5.41, 5.74) is 2.35. The highest BCUT2D eigenvalue weighted by Gasteiger charge is 2.19. The molecule has 0 aromatic carbocycles. The molecule has 0 aliphatic carbocycles. The second-order valence-corrected chi connectivity index (χ2v) is 6.11. The first-order chi connectivity index (χ1) is 10.0. The van der Waals surface area contributed by atoms with E-state index in [-0.39, 0.29) is 11.9 Å². The molecule has 2 N–H and O–H groups in total. The molecule has 0 radical (unpaired) electrons. The number of rotatable bonds is 6. The topological polar surface area (TPSA) is 88.5 Å². The zero-order valence-electron chi connectivity index (χ0n) is 12.7. The van der Waals surface area contributed by atoms with Gasteiger partial charge in [-0.1, -0.05) is 0 Å². The lowest BCUT2D eigenvalue weighted by molar-refractivity contribution is 0.0955. The Bertz CT molecular complexity index is 604. The smallest absolute Gasteiger partial charge is 0.255 e. The molecule has 0 atom stereocenters. The first kappa shape index (κ1) is 15.6. The number of carbonyl (C=O) groups excluding carboxylic acids is 1. The first-order valence-corrected chi connectivity index (χ1v) is 7.81. The standard InChI is InChI=1S/C13H20N6OS/c1-8(2)19-10(4)12(9(3)17-19)13(20)14-5-6-21-11-7-15-18-16-11/h7-8H,5-6H2,1-4H3,(H,14,20)(H,15,16,18). The number of aromatic nitrogens is 5. The van der Waals surface area contributed by atoms with Crippen molar-refractivity contribution in [1.29, 1.82) is 0 Å². The molecule has 0 saturated carbocycles. The van der Waals surface area contributed by atoms with Crippen molar-refractivity contribution in [2.24, 2.45) is 0 Å². The molecular formula is C13H20N6OS. The minimum absolute atomic E-state index is 0.0716. The Labute approximate surface area is 127 Å². The van der Waals surface area contributed by atoms with Crippen LogP contribution in [0.2, 0.25) is 0 Å². The van der Waals surface area contributed by atoms with Crippen molar-refractivity contribution in [3.63, 3.8) is 0 Å². The van der Waals surface area contributed by atoms with E-state index in [1.807, 2.05) is 18.5 Å². The monoisotopic (exact) mass is 308 g/mol. The van der Waals surface area contributed by atoms with Crippen LogP contribution in [0.15, 0.2) is 11.2 Å². The maximum Gasteiger partial charge on any atom is 0.255 e. The van der Waals surface area contributed by atoms with Crippen molar-refractivity contribution in [2.75, 3.05) is 12.3 Å². The van der Waals surface area contributed by atoms with Gasteiger partial charge in [0.05, 0.1) is 17.5 Å². The van der Waals surface area contributed by atoms with E-state index < -0.39 is 0 Å². The molecule has 1 amide bonds. The van der Waals surface area contributed by atoms with Crippen LogP contribution >= 0.6 is 11.8 Å². The highest BCUT2D eigenvalue weighted by atomic mass is 32.2. The van der Waals surface area contributed by atoms with Crippen LogP contribution in [0, 0.1) is 13.8 Å². The third kappa shape index (κ3) is 3.63. The van der Waals surface area contributed by atoms with E-state index >= 15 is 0 Å². The average molecular weight is 308 g/mol. The van der Waals surface area contributed by atoms with E-state index in [1.54, 1.807) is 18.0 Å². The molecule has 0 aliphatic heterocycles. The minimum atomic E-state index is -0.0716. The van der Waals surface area contributed by atoms with E-state index in [0.717, 1.165) is 22.2 Å². The predicted molar refractivity (Wildman–Crippen MR) is 81.5 cm³/mol. The molecule has 8 heteroatoms. The fourth-order valence-electron chi connectivity index (χ4n) is 2.16. The molecule has 2 heterocycles. The van der Waals surface area contributed by atoms with Crippen LogP contribution in [-0.4, -0.2) is 43.4 Å². The van der Waals surface area contributed by atoms with Crippen molar-refractivity contribution in [2.45, 2.75) is 38.8 Å². The highest BCUT2D eigenvalue weighted by Crippen LogP contribution is 2.17. The Balaban J connectivity index is 1.91. The summed E-state index contributed by atoms with van der Waals surface area (Å²) in [4.78, 5) is 12.3. The highest BCUT2D eigenvalue weighted by molar-refractivity contribution is 7.99. The zero-order chi connectivity index (χ0) is 15.4. The zero-order valence-corrected chi connectivity index (χ0v) is 13.5. The normalized spacial score (nSPS) is 11.1. The molecule has 0 bridgehead atoms. The van der Waals surface area contributed by atoms with Crippen molar-refractivity contribution >= 4 is 17.7 Å². The number of carbonyl (C=O) groups is 1. The van der Waals surface area contributed by atoms with Gasteiger partial charge >= 0.3 is 0 Å². The Morgan fingerprint density at radius 1 is 1.48 bits per heavy atom. The van der Waals surface area contributed by atoms with Crippen LogP contribution in [-0.2, 0) is 0 Å². The number of amides is 1. The molecule has 2 aromatic rings. The van der Waals surface area contributed by atoms with Crippen LogP contribution in [0.25, 0.3) is 0 Å². The lowest BCUT2D eigenvalue weighted by atomic mass is 10.2. The minimum Gasteiger partial charge on any atom is -0.351 e. The second kappa shape index (κ2) is 6.75. The van der Waals surface area contributed by atoms with Gasteiger partial charge in [0.25, 0.3) is 5.91 Å². The van der Waals surface area contributed by atoms with Gasteiger partial charge in [-0.25, -0.2) is 0 Å². The van der Waals surface area contributed by atoms with E-state index in [9.17, 15) is 4.79 Å². The van der Waals surface area contributed by atoms with Gasteiger partial charge in [0.15, 0.2) is 0 Å². The molecule has 114 valence electrons. The van der Waals surface area contributed by atoms with Gasteiger partial charge in [0, 0.05) is 24.0 Å². The number of nitrogens with zero attached hydrogens (tertiary/aromatic N) is 4. The van der Waals surface area contributed by atoms with Gasteiger partial charge < -0.3 is 5.32 Å². The molecular weight excluding hydrogens is 288 g/mol. The summed E-state index contributed by atoms with van der Waals surface area (Å²) in [5.74, 6) is 0.673. The lowest BCUT2D eigenvalue weighted by Crippen LogP contribution is -2.26. The maximum atomic E-state index is 12.3. The van der Waals surface area contributed by atoms with Crippen molar-refractivity contribution in [3.8, 4) is 0 Å². The quantitative estimate of drug-likeness (QED) is 0.626. The Kier molecular flexibility index (Phi) is 5.00. The average Bonchev–Trinajstić information content (AvgIpc) is 3.03. The van der Waals surface area contributed by atoms with Crippen LogP contribution in [0.4, 0.5) is 0 Å². The first-order valence-electron chi connectivity index (χ1n) is 6.83. The molecule has 0 fully saturated rings. The predicted octanol–water partition coefficient (Wildman–Crippen LogP) is 1.72. The fourth-order valence-corrected chi connectivity index (χ4v) is 2.81. The summed E-state index contributed by atoms with van der Waals surface area (Å²) in [5, 5.41) is 18.4. The third-order valence-corrected chi connectivity index (χ3v) is 3.97. The Morgan fingerprint density at radius 2 is 2.24 bits per heavy atom. The van der Waals surface area contributed by atoms with Crippen LogP contribution in [0.5, 0.6) is 0 Å². The lowest BCUT2D eigenvalue weighted by Gasteiger charge is -2.09. The Morgan fingerprint density at radius 3 is 2.81 bits per heavy atom. The molecule has 21 heavy (non-hydrogen) atoms. The number of aryl methyl sites for hydroxylation is 1. The van der Waals surface area contributed by atoms with Gasteiger partial charge in [-0.2, -0.15) is 15.4 Å². The van der Waals surface area contributed by atoms with E-state index in [2.05, 4.69) is 39.7 Å². The van der Waals surface area contributed by atoms with Crippen LogP contribution in [0.1, 0.15) is 41.6 Å². The van der Waals surface area contributed by atoms with Gasteiger partial charge in [-0.15, -0.1) is 16.9 Å². The molecule has 0 spiro atoms.